The predicted molar refractivity (Wildman–Crippen MR) is 228 cm³/mol. The zero-order valence-corrected chi connectivity index (χ0v) is 30.4. The molecule has 1 aliphatic carbocycles. The average molecular weight is 661 g/mol. The molecule has 0 aliphatic heterocycles. The van der Waals surface area contributed by atoms with Crippen molar-refractivity contribution >= 4 is 108 Å². The van der Waals surface area contributed by atoms with Crippen LogP contribution >= 0.6 is 0 Å². The van der Waals surface area contributed by atoms with E-state index in [2.05, 4.69) is 151 Å². The van der Waals surface area contributed by atoms with Gasteiger partial charge in [-0.1, -0.05) is 126 Å². The average Bonchev–Trinajstić information content (AvgIpc) is 3.47. The molecule has 244 valence electrons. The van der Waals surface area contributed by atoms with Gasteiger partial charge in [-0.05, 0) is 176 Å². The first-order chi connectivity index (χ1) is 25.0. The lowest BCUT2D eigenvalue weighted by atomic mass is 9.76. The first-order valence-corrected chi connectivity index (χ1v) is 18.9. The summed E-state index contributed by atoms with van der Waals surface area (Å²) in [5.41, 5.74) is 8.46. The normalized spacial score (nSPS) is 14.0. The molecule has 1 aliphatic rings. The Kier molecular flexibility index (Phi) is 4.56. The van der Waals surface area contributed by atoms with Crippen LogP contribution in [0.1, 0.15) is 52.7 Å². The van der Waals surface area contributed by atoms with Crippen LogP contribution in [0.5, 0.6) is 0 Å². The van der Waals surface area contributed by atoms with E-state index in [4.69, 9.17) is 0 Å². The molecule has 0 heterocycles. The van der Waals surface area contributed by atoms with Gasteiger partial charge in [0.25, 0.3) is 0 Å². The van der Waals surface area contributed by atoms with Gasteiger partial charge in [0.15, 0.2) is 0 Å². The maximum Gasteiger partial charge on any atom is -0.000673 e. The lowest BCUT2D eigenvalue weighted by molar-refractivity contribution is 0.591. The Morgan fingerprint density at radius 2 is 0.654 bits per heavy atom. The molecule has 52 heavy (non-hydrogen) atoms. The molecule has 0 N–H and O–H groups in total. The van der Waals surface area contributed by atoms with Crippen molar-refractivity contribution in [1.82, 2.24) is 0 Å². The van der Waals surface area contributed by atoms with Gasteiger partial charge in [0.2, 0.25) is 0 Å². The molecule has 12 aromatic rings. The standard InChI is InChI=1S/C52H36/c1-51(2,3)32-17-26-13-15-28-21-38-45-34-11-7-9-25-10-8-12-35(42(25)34)46(45)39-22-29-16-14-27-18-33(52(4,5)6)20-31-24-37-36-23-30(19-32)40(26)43(28)47(36)49(38)50(39)48(37)44(29)41(27)31/h7-24H,1-6H3. The molecule has 0 saturated carbocycles. The number of fused-ring (bicyclic) bond motifs is 6. The van der Waals surface area contributed by atoms with E-state index in [0.29, 0.717) is 0 Å². The Bertz CT molecular complexity index is 3330. The van der Waals surface area contributed by atoms with Crippen LogP contribution in [0.3, 0.4) is 0 Å². The van der Waals surface area contributed by atoms with Gasteiger partial charge >= 0.3 is 0 Å². The lowest BCUT2D eigenvalue weighted by Crippen LogP contribution is -2.11. The van der Waals surface area contributed by atoms with Crippen molar-refractivity contribution in [3.8, 4) is 22.3 Å². The third-order valence-electron chi connectivity index (χ3n) is 13.1. The Hall–Kier alpha value is -5.72. The molecular formula is C52H36. The molecule has 0 unspecified atom stereocenters. The van der Waals surface area contributed by atoms with Crippen LogP contribution in [-0.4, -0.2) is 0 Å². The maximum atomic E-state index is 2.57. The molecule has 0 heteroatoms. The highest BCUT2D eigenvalue weighted by Gasteiger charge is 2.32. The fraction of sp³-hybridized carbons (Fsp3) is 0.154. The van der Waals surface area contributed by atoms with Gasteiger partial charge in [-0.3, -0.25) is 0 Å². The van der Waals surface area contributed by atoms with Crippen molar-refractivity contribution < 1.29 is 0 Å². The summed E-state index contributed by atoms with van der Waals surface area (Å²) in [4.78, 5) is 0. The number of rotatable bonds is 0. The Labute approximate surface area is 301 Å². The number of benzene rings is 12. The minimum atomic E-state index is 0.0535. The van der Waals surface area contributed by atoms with Gasteiger partial charge in [0, 0.05) is 0 Å². The monoisotopic (exact) mass is 660 g/mol. The van der Waals surface area contributed by atoms with Crippen LogP contribution in [-0.2, 0) is 10.8 Å². The summed E-state index contributed by atoms with van der Waals surface area (Å²) < 4.78 is 0. The van der Waals surface area contributed by atoms with Crippen LogP contribution in [0.15, 0.2) is 109 Å². The first-order valence-electron chi connectivity index (χ1n) is 18.9. The third-order valence-corrected chi connectivity index (χ3v) is 13.1. The summed E-state index contributed by atoms with van der Waals surface area (Å²) >= 11 is 0. The van der Waals surface area contributed by atoms with E-state index in [1.807, 2.05) is 0 Å². The summed E-state index contributed by atoms with van der Waals surface area (Å²) in [7, 11) is 0. The molecule has 0 radical (unpaired) electrons. The third kappa shape index (κ3) is 3.07. The summed E-state index contributed by atoms with van der Waals surface area (Å²) in [6.07, 6.45) is 0. The minimum absolute atomic E-state index is 0.0535. The second-order valence-corrected chi connectivity index (χ2v) is 18.1. The molecule has 12 aromatic carbocycles. The highest BCUT2D eigenvalue weighted by Crippen LogP contribution is 2.60. The highest BCUT2D eigenvalue weighted by atomic mass is 14.3. The SMILES string of the molecule is CC(C)(C)c1cc2ccc3cc4c5c(c6cc7ccc8cc(C(C)(C)C)cc9cc%10c%11cc(c1)c2c3c%11c4c6c%10c7c89)-c1cccc2cccc-5c12. The van der Waals surface area contributed by atoms with Gasteiger partial charge in [-0.15, -0.1) is 0 Å². The van der Waals surface area contributed by atoms with Crippen molar-refractivity contribution in [3.63, 3.8) is 0 Å². The predicted octanol–water partition coefficient (Wildman–Crippen LogP) is 15.2. The molecule has 0 aromatic heterocycles. The Morgan fingerprint density at radius 1 is 0.288 bits per heavy atom. The highest BCUT2D eigenvalue weighted by molar-refractivity contribution is 6.51. The van der Waals surface area contributed by atoms with E-state index >= 15 is 0 Å². The quantitative estimate of drug-likeness (QED) is 0.112. The fourth-order valence-corrected chi connectivity index (χ4v) is 10.8. The van der Waals surface area contributed by atoms with Crippen LogP contribution < -0.4 is 0 Å². The van der Waals surface area contributed by atoms with Gasteiger partial charge in [0.1, 0.15) is 0 Å². The maximum absolute atomic E-state index is 2.57. The van der Waals surface area contributed by atoms with Crippen molar-refractivity contribution in [3.05, 3.63) is 120 Å². The number of hydrogen-bond donors (Lipinski definition) is 0. The van der Waals surface area contributed by atoms with E-state index < -0.39 is 0 Å². The van der Waals surface area contributed by atoms with Gasteiger partial charge in [-0.25, -0.2) is 0 Å². The molecule has 0 atom stereocenters. The van der Waals surface area contributed by atoms with E-state index in [1.54, 1.807) is 0 Å². The van der Waals surface area contributed by atoms with Crippen molar-refractivity contribution in [1.29, 1.82) is 0 Å². The van der Waals surface area contributed by atoms with Gasteiger partial charge in [-0.2, -0.15) is 0 Å². The number of hydrogen-bond acceptors (Lipinski definition) is 0. The van der Waals surface area contributed by atoms with E-state index in [0.717, 1.165) is 0 Å². The minimum Gasteiger partial charge on any atom is -0.0610 e. The van der Waals surface area contributed by atoms with E-state index in [1.165, 1.54) is 141 Å². The van der Waals surface area contributed by atoms with Crippen molar-refractivity contribution in [2.45, 2.75) is 52.4 Å². The fourth-order valence-electron chi connectivity index (χ4n) is 10.8. The van der Waals surface area contributed by atoms with E-state index in [-0.39, 0.29) is 10.8 Å². The summed E-state index contributed by atoms with van der Waals surface area (Å²) in [5, 5.41) is 27.8. The zero-order valence-electron chi connectivity index (χ0n) is 30.4. The molecule has 13 rings (SSSR count). The van der Waals surface area contributed by atoms with Crippen molar-refractivity contribution in [2.24, 2.45) is 0 Å². The lowest BCUT2D eigenvalue weighted by Gasteiger charge is -2.27. The largest absolute Gasteiger partial charge is 0.0610 e. The molecule has 0 saturated heterocycles. The van der Waals surface area contributed by atoms with Crippen LogP contribution in [0.2, 0.25) is 0 Å². The van der Waals surface area contributed by atoms with Crippen LogP contribution in [0.25, 0.3) is 130 Å². The van der Waals surface area contributed by atoms with Gasteiger partial charge < -0.3 is 0 Å². The van der Waals surface area contributed by atoms with E-state index in [9.17, 15) is 0 Å². The molecule has 0 nitrogen and oxygen atoms in total. The Balaban J connectivity index is 1.38. The topological polar surface area (TPSA) is 0 Å². The molecular weight excluding hydrogens is 625 g/mol. The summed E-state index contributed by atoms with van der Waals surface area (Å²) in [5.74, 6) is 0. The van der Waals surface area contributed by atoms with Gasteiger partial charge in [0.05, 0.1) is 0 Å². The van der Waals surface area contributed by atoms with Crippen LogP contribution in [0.4, 0.5) is 0 Å². The smallest absolute Gasteiger partial charge is 0.000673 e. The molecule has 0 spiro atoms. The van der Waals surface area contributed by atoms with Crippen molar-refractivity contribution in [2.75, 3.05) is 0 Å². The molecule has 0 bridgehead atoms. The molecule has 0 amide bonds. The summed E-state index contributed by atoms with van der Waals surface area (Å²) in [6, 6.07) is 43.5. The summed E-state index contributed by atoms with van der Waals surface area (Å²) in [6.45, 7) is 14.0. The second kappa shape index (κ2) is 8.49. The zero-order chi connectivity index (χ0) is 34.7. The second-order valence-electron chi connectivity index (χ2n) is 18.1. The molecule has 0 fully saturated rings. The van der Waals surface area contributed by atoms with Crippen LogP contribution in [0, 0.1) is 0 Å². The first kappa shape index (κ1) is 27.9. The Morgan fingerprint density at radius 3 is 1.08 bits per heavy atom.